The number of aliphatic imine (C=N–C) groups is 1. The first-order valence-corrected chi connectivity index (χ1v) is 10.0. The van der Waals surface area contributed by atoms with E-state index < -0.39 is 0 Å². The van der Waals surface area contributed by atoms with Crippen molar-refractivity contribution in [1.82, 2.24) is 15.5 Å². The maximum Gasteiger partial charge on any atom is 0.191 e. The van der Waals surface area contributed by atoms with Gasteiger partial charge in [0.15, 0.2) is 5.96 Å². The lowest BCUT2D eigenvalue weighted by Gasteiger charge is -2.35. The van der Waals surface area contributed by atoms with E-state index in [1.807, 2.05) is 23.9 Å². The average Bonchev–Trinajstić information content (AvgIpc) is 2.63. The van der Waals surface area contributed by atoms with Gasteiger partial charge in [-0.2, -0.15) is 11.8 Å². The Labute approximate surface area is 154 Å². The van der Waals surface area contributed by atoms with Crippen LogP contribution in [-0.4, -0.2) is 69.3 Å². The molecule has 0 aromatic heterocycles. The van der Waals surface area contributed by atoms with E-state index >= 15 is 0 Å². The first kappa shape index (κ1) is 19.4. The van der Waals surface area contributed by atoms with E-state index in [4.69, 9.17) is 16.3 Å². The second-order valence-electron chi connectivity index (χ2n) is 5.59. The summed E-state index contributed by atoms with van der Waals surface area (Å²) in [6.45, 7) is 5.14. The number of ether oxygens (including phenoxy) is 1. The second-order valence-corrected chi connectivity index (χ2v) is 7.01. The predicted octanol–water partition coefficient (Wildman–Crippen LogP) is 2.24. The Hall–Kier alpha value is -0.950. The van der Waals surface area contributed by atoms with Gasteiger partial charge in [-0.25, -0.2) is 0 Å². The lowest BCUT2D eigenvalue weighted by Crippen LogP contribution is -2.46. The highest BCUT2D eigenvalue weighted by molar-refractivity contribution is 7.98. The third-order valence-electron chi connectivity index (χ3n) is 4.03. The molecule has 0 radical (unpaired) electrons. The molecule has 1 aliphatic rings. The second kappa shape index (κ2) is 10.8. The van der Waals surface area contributed by atoms with E-state index in [1.54, 1.807) is 7.05 Å². The summed E-state index contributed by atoms with van der Waals surface area (Å²) >= 11 is 7.86. The standard InChI is InChI=1S/C17H27ClN4OS/c1-19-17(20-7-12-24-2)21-13-16(22-8-10-23-11-9-22)14-3-5-15(18)6-4-14/h3-6,16H,7-13H2,1-2H3,(H2,19,20,21). The minimum atomic E-state index is 0.269. The summed E-state index contributed by atoms with van der Waals surface area (Å²) in [6.07, 6.45) is 2.10. The Morgan fingerprint density at radius 2 is 2.00 bits per heavy atom. The minimum absolute atomic E-state index is 0.269. The van der Waals surface area contributed by atoms with Crippen LogP contribution in [0.5, 0.6) is 0 Å². The zero-order chi connectivity index (χ0) is 17.2. The summed E-state index contributed by atoms with van der Waals surface area (Å²) in [5.74, 6) is 1.90. The average molecular weight is 371 g/mol. The highest BCUT2D eigenvalue weighted by atomic mass is 35.5. The molecule has 5 nitrogen and oxygen atoms in total. The zero-order valence-corrected chi connectivity index (χ0v) is 16.0. The van der Waals surface area contributed by atoms with Crippen LogP contribution in [0.2, 0.25) is 5.02 Å². The largest absolute Gasteiger partial charge is 0.379 e. The van der Waals surface area contributed by atoms with Gasteiger partial charge in [0, 0.05) is 44.0 Å². The van der Waals surface area contributed by atoms with Crippen LogP contribution in [0.15, 0.2) is 29.3 Å². The number of hydrogen-bond donors (Lipinski definition) is 2. The monoisotopic (exact) mass is 370 g/mol. The number of nitrogens with one attached hydrogen (secondary N) is 2. The summed E-state index contributed by atoms with van der Waals surface area (Å²) < 4.78 is 5.50. The molecule has 0 saturated carbocycles. The lowest BCUT2D eigenvalue weighted by molar-refractivity contribution is 0.0170. The number of morpholine rings is 1. The van der Waals surface area contributed by atoms with E-state index in [9.17, 15) is 0 Å². The van der Waals surface area contributed by atoms with Crippen molar-refractivity contribution in [2.45, 2.75) is 6.04 Å². The molecule has 7 heteroatoms. The first-order chi connectivity index (χ1) is 11.7. The molecule has 1 heterocycles. The Bertz CT molecular complexity index is 506. The first-order valence-electron chi connectivity index (χ1n) is 8.25. The molecule has 0 aliphatic carbocycles. The summed E-state index contributed by atoms with van der Waals surface area (Å²) in [5, 5.41) is 7.56. The number of hydrogen-bond acceptors (Lipinski definition) is 4. The predicted molar refractivity (Wildman–Crippen MR) is 104 cm³/mol. The molecule has 1 unspecified atom stereocenters. The van der Waals surface area contributed by atoms with Crippen LogP contribution in [0.1, 0.15) is 11.6 Å². The Morgan fingerprint density at radius 1 is 1.29 bits per heavy atom. The Balaban J connectivity index is 2.01. The molecule has 2 N–H and O–H groups in total. The maximum absolute atomic E-state index is 6.04. The molecule has 1 saturated heterocycles. The molecule has 0 spiro atoms. The van der Waals surface area contributed by atoms with Gasteiger partial charge < -0.3 is 15.4 Å². The van der Waals surface area contributed by atoms with Crippen molar-refractivity contribution in [3.63, 3.8) is 0 Å². The molecule has 134 valence electrons. The van der Waals surface area contributed by atoms with Crippen LogP contribution in [0.3, 0.4) is 0 Å². The molecule has 1 atom stereocenters. The number of benzene rings is 1. The highest BCUT2D eigenvalue weighted by Crippen LogP contribution is 2.23. The molecule has 1 aromatic rings. The third-order valence-corrected chi connectivity index (χ3v) is 4.89. The van der Waals surface area contributed by atoms with Gasteiger partial charge in [0.05, 0.1) is 19.3 Å². The van der Waals surface area contributed by atoms with Crippen molar-refractivity contribution >= 4 is 29.3 Å². The summed E-state index contributed by atoms with van der Waals surface area (Å²) in [4.78, 5) is 6.76. The highest BCUT2D eigenvalue weighted by Gasteiger charge is 2.22. The van der Waals surface area contributed by atoms with Gasteiger partial charge in [-0.05, 0) is 24.0 Å². The fraction of sp³-hybridized carbons (Fsp3) is 0.588. The molecule has 0 bridgehead atoms. The van der Waals surface area contributed by atoms with Gasteiger partial charge in [0.25, 0.3) is 0 Å². The Kier molecular flexibility index (Phi) is 8.74. The molecular weight excluding hydrogens is 344 g/mol. The van der Waals surface area contributed by atoms with Crippen molar-refractivity contribution in [3.8, 4) is 0 Å². The minimum Gasteiger partial charge on any atom is -0.379 e. The van der Waals surface area contributed by atoms with E-state index in [-0.39, 0.29) is 6.04 Å². The van der Waals surface area contributed by atoms with Crippen molar-refractivity contribution in [2.75, 3.05) is 58.4 Å². The molecule has 1 aliphatic heterocycles. The van der Waals surface area contributed by atoms with Gasteiger partial charge in [-0.3, -0.25) is 9.89 Å². The molecule has 1 fully saturated rings. The molecule has 1 aromatic carbocycles. The Morgan fingerprint density at radius 3 is 2.62 bits per heavy atom. The van der Waals surface area contributed by atoms with Gasteiger partial charge in [0.1, 0.15) is 0 Å². The molecule has 0 amide bonds. The zero-order valence-electron chi connectivity index (χ0n) is 14.4. The lowest BCUT2D eigenvalue weighted by atomic mass is 10.0. The van der Waals surface area contributed by atoms with Crippen LogP contribution < -0.4 is 10.6 Å². The number of thioether (sulfide) groups is 1. The number of nitrogens with zero attached hydrogens (tertiary/aromatic N) is 2. The van der Waals surface area contributed by atoms with Crippen molar-refractivity contribution in [1.29, 1.82) is 0 Å². The van der Waals surface area contributed by atoms with E-state index in [2.05, 4.69) is 38.9 Å². The van der Waals surface area contributed by atoms with Crippen molar-refractivity contribution < 1.29 is 4.74 Å². The van der Waals surface area contributed by atoms with Gasteiger partial charge in [0.2, 0.25) is 0 Å². The number of guanidine groups is 1. The van der Waals surface area contributed by atoms with Crippen LogP contribution in [0.4, 0.5) is 0 Å². The van der Waals surface area contributed by atoms with E-state index in [1.165, 1.54) is 5.56 Å². The third kappa shape index (κ3) is 6.16. The topological polar surface area (TPSA) is 48.9 Å². The summed E-state index contributed by atoms with van der Waals surface area (Å²) in [7, 11) is 1.81. The van der Waals surface area contributed by atoms with Crippen LogP contribution in [-0.2, 0) is 4.74 Å². The fourth-order valence-electron chi connectivity index (χ4n) is 2.72. The van der Waals surface area contributed by atoms with Gasteiger partial charge in [-0.15, -0.1) is 0 Å². The molecule has 2 rings (SSSR count). The summed E-state index contributed by atoms with van der Waals surface area (Å²) in [6, 6.07) is 8.39. The summed E-state index contributed by atoms with van der Waals surface area (Å²) in [5.41, 5.74) is 1.26. The van der Waals surface area contributed by atoms with Crippen LogP contribution in [0, 0.1) is 0 Å². The maximum atomic E-state index is 6.04. The van der Waals surface area contributed by atoms with Gasteiger partial charge in [-0.1, -0.05) is 23.7 Å². The number of halogens is 1. The SMILES string of the molecule is CN=C(NCCSC)NCC(c1ccc(Cl)cc1)N1CCOCC1. The van der Waals surface area contributed by atoms with Crippen LogP contribution in [0.25, 0.3) is 0 Å². The molecule has 24 heavy (non-hydrogen) atoms. The van der Waals surface area contributed by atoms with E-state index in [0.29, 0.717) is 0 Å². The molecular formula is C17H27ClN4OS. The number of rotatable bonds is 7. The van der Waals surface area contributed by atoms with Gasteiger partial charge >= 0.3 is 0 Å². The fourth-order valence-corrected chi connectivity index (χ4v) is 3.15. The van der Waals surface area contributed by atoms with Crippen LogP contribution >= 0.6 is 23.4 Å². The normalized spacial score (nSPS) is 17.5. The van der Waals surface area contributed by atoms with Crippen molar-refractivity contribution in [2.24, 2.45) is 4.99 Å². The smallest absolute Gasteiger partial charge is 0.191 e. The quantitative estimate of drug-likeness (QED) is 0.438. The van der Waals surface area contributed by atoms with Crippen molar-refractivity contribution in [3.05, 3.63) is 34.9 Å². The van der Waals surface area contributed by atoms with E-state index in [0.717, 1.165) is 56.1 Å².